The van der Waals surface area contributed by atoms with E-state index < -0.39 is 0 Å². The van der Waals surface area contributed by atoms with Gasteiger partial charge in [0.2, 0.25) is 5.91 Å². The van der Waals surface area contributed by atoms with Crippen molar-refractivity contribution >= 4 is 11.7 Å². The number of hydrogen-bond acceptors (Lipinski definition) is 5. The van der Waals surface area contributed by atoms with Crippen LogP contribution in [0.4, 0.5) is 5.82 Å². The molecule has 1 aromatic heterocycles. The van der Waals surface area contributed by atoms with Gasteiger partial charge in [-0.2, -0.15) is 0 Å². The van der Waals surface area contributed by atoms with Crippen molar-refractivity contribution < 1.29 is 9.32 Å². The van der Waals surface area contributed by atoms with Crippen molar-refractivity contribution in [3.8, 4) is 0 Å². The topological polar surface area (TPSA) is 70.4 Å². The second-order valence-electron chi connectivity index (χ2n) is 6.07. The summed E-state index contributed by atoms with van der Waals surface area (Å²) in [6.07, 6.45) is 3.04. The minimum Gasteiger partial charge on any atom is -0.360 e. The van der Waals surface area contributed by atoms with Crippen LogP contribution in [-0.2, 0) is 4.79 Å². The van der Waals surface area contributed by atoms with E-state index >= 15 is 0 Å². The first-order valence-electron chi connectivity index (χ1n) is 7.32. The zero-order valence-corrected chi connectivity index (χ0v) is 11.9. The van der Waals surface area contributed by atoms with E-state index in [9.17, 15) is 4.79 Å². The Bertz CT molecular complexity index is 479. The molecular formula is C14H22N4O2. The van der Waals surface area contributed by atoms with Crippen LogP contribution in [0, 0.1) is 12.3 Å². The summed E-state index contributed by atoms with van der Waals surface area (Å²) in [5.74, 6) is 1.21. The fourth-order valence-corrected chi connectivity index (χ4v) is 3.25. The van der Waals surface area contributed by atoms with Crippen LogP contribution in [0.2, 0.25) is 0 Å². The number of nitrogens with zero attached hydrogens (tertiary/aromatic N) is 2. The highest BCUT2D eigenvalue weighted by molar-refractivity contribution is 5.89. The van der Waals surface area contributed by atoms with Crippen molar-refractivity contribution in [1.82, 2.24) is 15.4 Å². The highest BCUT2D eigenvalue weighted by Gasteiger charge is 2.39. The molecular weight excluding hydrogens is 256 g/mol. The maximum absolute atomic E-state index is 11.9. The lowest BCUT2D eigenvalue weighted by atomic mass is 9.87. The van der Waals surface area contributed by atoms with Crippen LogP contribution in [0.1, 0.15) is 25.0 Å². The summed E-state index contributed by atoms with van der Waals surface area (Å²) in [6.45, 7) is 7.13. The Morgan fingerprint density at radius 2 is 2.50 bits per heavy atom. The normalized spacial score (nSPS) is 26.4. The van der Waals surface area contributed by atoms with Gasteiger partial charge in [-0.3, -0.25) is 4.79 Å². The number of aryl methyl sites for hydroxylation is 1. The van der Waals surface area contributed by atoms with E-state index in [-0.39, 0.29) is 5.91 Å². The fraction of sp³-hybridized carbons (Fsp3) is 0.714. The van der Waals surface area contributed by atoms with Gasteiger partial charge in [0.05, 0.1) is 0 Å². The molecule has 2 N–H and O–H groups in total. The first-order valence-corrected chi connectivity index (χ1v) is 7.32. The second-order valence-corrected chi connectivity index (χ2v) is 6.07. The van der Waals surface area contributed by atoms with Gasteiger partial charge in [0.15, 0.2) is 5.82 Å². The van der Waals surface area contributed by atoms with Gasteiger partial charge in [-0.25, -0.2) is 0 Å². The van der Waals surface area contributed by atoms with E-state index in [1.54, 1.807) is 6.07 Å². The Kier molecular flexibility index (Phi) is 3.76. The summed E-state index contributed by atoms with van der Waals surface area (Å²) in [5.41, 5.74) is 0.472. The van der Waals surface area contributed by atoms with Gasteiger partial charge in [-0.1, -0.05) is 5.16 Å². The number of carbonyl (C=O) groups excluding carboxylic acids is 1. The maximum Gasteiger partial charge on any atom is 0.226 e. The number of amides is 1. The van der Waals surface area contributed by atoms with Crippen LogP contribution in [0.5, 0.6) is 0 Å². The molecule has 6 nitrogen and oxygen atoms in total. The molecule has 0 bridgehead atoms. The first-order chi connectivity index (χ1) is 9.65. The number of aromatic nitrogens is 1. The summed E-state index contributed by atoms with van der Waals surface area (Å²) in [5, 5.41) is 9.98. The van der Waals surface area contributed by atoms with E-state index in [0.29, 0.717) is 23.4 Å². The van der Waals surface area contributed by atoms with Gasteiger partial charge in [-0.15, -0.1) is 0 Å². The minimum absolute atomic E-state index is 0.00352. The van der Waals surface area contributed by atoms with Gasteiger partial charge in [0, 0.05) is 32.1 Å². The van der Waals surface area contributed by atoms with Crippen molar-refractivity contribution in [3.05, 3.63) is 11.8 Å². The standard InChI is InChI=1S/C14H22N4O2/c1-11-8-12(17-20-11)16-13(19)2-6-18-7-4-14(10-18)3-5-15-9-14/h8,15H,2-7,9-10H2,1H3,(H,16,17,19). The van der Waals surface area contributed by atoms with E-state index in [2.05, 4.69) is 20.7 Å². The zero-order valence-electron chi connectivity index (χ0n) is 11.9. The molecule has 2 aliphatic heterocycles. The molecule has 110 valence electrons. The molecule has 2 saturated heterocycles. The quantitative estimate of drug-likeness (QED) is 0.859. The van der Waals surface area contributed by atoms with Crippen LogP contribution >= 0.6 is 0 Å². The fourth-order valence-electron chi connectivity index (χ4n) is 3.25. The Morgan fingerprint density at radius 3 is 3.20 bits per heavy atom. The molecule has 1 atom stereocenters. The molecule has 1 unspecified atom stereocenters. The molecule has 0 aromatic carbocycles. The van der Waals surface area contributed by atoms with E-state index in [0.717, 1.165) is 32.7 Å². The van der Waals surface area contributed by atoms with Crippen LogP contribution in [-0.4, -0.2) is 48.7 Å². The van der Waals surface area contributed by atoms with Gasteiger partial charge >= 0.3 is 0 Å². The Labute approximate surface area is 118 Å². The monoisotopic (exact) mass is 278 g/mol. The third-order valence-corrected chi connectivity index (χ3v) is 4.40. The van der Waals surface area contributed by atoms with Gasteiger partial charge in [0.25, 0.3) is 0 Å². The van der Waals surface area contributed by atoms with Gasteiger partial charge in [0.1, 0.15) is 5.76 Å². The third kappa shape index (κ3) is 3.02. The second kappa shape index (κ2) is 5.54. The minimum atomic E-state index is 0.00352. The lowest BCUT2D eigenvalue weighted by molar-refractivity contribution is -0.116. The molecule has 0 aliphatic carbocycles. The van der Waals surface area contributed by atoms with E-state index in [1.807, 2.05) is 6.92 Å². The summed E-state index contributed by atoms with van der Waals surface area (Å²) in [7, 11) is 0. The summed E-state index contributed by atoms with van der Waals surface area (Å²) in [6, 6.07) is 1.73. The molecule has 2 fully saturated rings. The van der Waals surface area contributed by atoms with Crippen molar-refractivity contribution in [2.24, 2.45) is 5.41 Å². The van der Waals surface area contributed by atoms with Crippen LogP contribution in [0.3, 0.4) is 0 Å². The Hall–Kier alpha value is -1.40. The van der Waals surface area contributed by atoms with Gasteiger partial charge in [-0.05, 0) is 38.3 Å². The van der Waals surface area contributed by atoms with Crippen molar-refractivity contribution in [1.29, 1.82) is 0 Å². The predicted molar refractivity (Wildman–Crippen MR) is 75.5 cm³/mol. The highest BCUT2D eigenvalue weighted by atomic mass is 16.5. The number of hydrogen-bond donors (Lipinski definition) is 2. The Balaban J connectivity index is 1.42. The number of anilines is 1. The maximum atomic E-state index is 11.9. The van der Waals surface area contributed by atoms with E-state index in [4.69, 9.17) is 4.52 Å². The molecule has 0 radical (unpaired) electrons. The zero-order chi connectivity index (χ0) is 14.0. The molecule has 1 spiro atoms. The SMILES string of the molecule is Cc1cc(NC(=O)CCN2CCC3(CCNC3)C2)no1. The lowest BCUT2D eigenvalue weighted by Gasteiger charge is -2.22. The van der Waals surface area contributed by atoms with E-state index in [1.165, 1.54) is 12.8 Å². The molecule has 20 heavy (non-hydrogen) atoms. The van der Waals surface area contributed by atoms with Crippen molar-refractivity contribution in [2.45, 2.75) is 26.2 Å². The molecule has 3 rings (SSSR count). The molecule has 2 aliphatic rings. The highest BCUT2D eigenvalue weighted by Crippen LogP contribution is 2.35. The van der Waals surface area contributed by atoms with Crippen LogP contribution < -0.4 is 10.6 Å². The van der Waals surface area contributed by atoms with Crippen molar-refractivity contribution in [3.63, 3.8) is 0 Å². The number of nitrogens with one attached hydrogen (secondary N) is 2. The smallest absolute Gasteiger partial charge is 0.226 e. The molecule has 1 aromatic rings. The third-order valence-electron chi connectivity index (χ3n) is 4.40. The molecule has 0 saturated carbocycles. The largest absolute Gasteiger partial charge is 0.360 e. The number of carbonyl (C=O) groups is 1. The molecule has 1 amide bonds. The summed E-state index contributed by atoms with van der Waals surface area (Å²) < 4.78 is 4.92. The Morgan fingerprint density at radius 1 is 1.60 bits per heavy atom. The van der Waals surface area contributed by atoms with Crippen LogP contribution in [0.15, 0.2) is 10.6 Å². The van der Waals surface area contributed by atoms with Crippen LogP contribution in [0.25, 0.3) is 0 Å². The number of rotatable bonds is 4. The summed E-state index contributed by atoms with van der Waals surface area (Å²) in [4.78, 5) is 14.3. The van der Waals surface area contributed by atoms with Crippen molar-refractivity contribution in [2.75, 3.05) is 38.0 Å². The lowest BCUT2D eigenvalue weighted by Crippen LogP contribution is -2.31. The van der Waals surface area contributed by atoms with Gasteiger partial charge < -0.3 is 20.1 Å². The predicted octanol–water partition coefficient (Wildman–Crippen LogP) is 0.997. The average Bonchev–Trinajstić information content (AvgIpc) is 3.12. The average molecular weight is 278 g/mol. The summed E-state index contributed by atoms with van der Waals surface area (Å²) >= 11 is 0. The number of likely N-dealkylation sites (tertiary alicyclic amines) is 1. The first kappa shape index (κ1) is 13.6. The molecule has 3 heterocycles. The molecule has 6 heteroatoms.